The second-order valence-electron chi connectivity index (χ2n) is 6.17. The second kappa shape index (κ2) is 9.61. The second-order valence-corrected chi connectivity index (χ2v) is 8.37. The maximum absolute atomic E-state index is 12.8. The van der Waals surface area contributed by atoms with E-state index in [9.17, 15) is 4.79 Å². The van der Waals surface area contributed by atoms with E-state index in [0.717, 1.165) is 15.8 Å². The number of nitrogens with one attached hydrogen (secondary N) is 1. The maximum atomic E-state index is 12.8. The Morgan fingerprint density at radius 1 is 1.07 bits per heavy atom. The lowest BCUT2D eigenvalue weighted by atomic mass is 10.2. The molecule has 1 N–H and O–H groups in total. The van der Waals surface area contributed by atoms with Gasteiger partial charge in [-0.3, -0.25) is 10.1 Å². The molecule has 1 amide bonds. The molecule has 0 saturated carbocycles. The lowest BCUT2D eigenvalue weighted by Crippen LogP contribution is -2.16. The minimum Gasteiger partial charge on any atom is -0.378 e. The maximum Gasteiger partial charge on any atom is 0.280 e. The van der Waals surface area contributed by atoms with Gasteiger partial charge >= 0.3 is 0 Å². The van der Waals surface area contributed by atoms with Crippen LogP contribution in [0.5, 0.6) is 0 Å². The molecule has 2 aromatic heterocycles. The van der Waals surface area contributed by atoms with Crippen molar-refractivity contribution >= 4 is 34.1 Å². The summed E-state index contributed by atoms with van der Waals surface area (Å²) in [5.74, 6) is 0.382. The lowest BCUT2D eigenvalue weighted by molar-refractivity contribution is 0.101. The van der Waals surface area contributed by atoms with Crippen molar-refractivity contribution in [3.8, 4) is 5.69 Å². The van der Waals surface area contributed by atoms with Crippen molar-refractivity contribution < 1.29 is 9.53 Å². The van der Waals surface area contributed by atoms with Gasteiger partial charge in [0.1, 0.15) is 5.69 Å². The van der Waals surface area contributed by atoms with Crippen molar-refractivity contribution in [3.63, 3.8) is 0 Å². The molecule has 10 heteroatoms. The van der Waals surface area contributed by atoms with Crippen molar-refractivity contribution in [1.82, 2.24) is 25.2 Å². The molecule has 0 spiro atoms. The van der Waals surface area contributed by atoms with E-state index in [-0.39, 0.29) is 12.3 Å². The quantitative estimate of drug-likeness (QED) is 0.330. The Hall–Kier alpha value is -3.08. The van der Waals surface area contributed by atoms with Crippen LogP contribution < -0.4 is 5.32 Å². The zero-order valence-electron chi connectivity index (χ0n) is 16.1. The molecular formula is C20H18N6O2S2. The highest BCUT2D eigenvalue weighted by Gasteiger charge is 2.22. The number of nitrogens with zero attached hydrogens (tertiary/aromatic N) is 5. The van der Waals surface area contributed by atoms with Crippen LogP contribution in [-0.2, 0) is 17.1 Å². The van der Waals surface area contributed by atoms with Crippen molar-refractivity contribution in [2.45, 2.75) is 16.7 Å². The van der Waals surface area contributed by atoms with Crippen molar-refractivity contribution in [1.29, 1.82) is 0 Å². The van der Waals surface area contributed by atoms with E-state index in [2.05, 4.69) is 38.0 Å². The molecule has 4 rings (SSSR count). The first-order chi connectivity index (χ1) is 14.7. The molecule has 0 atom stereocenters. The number of anilines is 1. The molecule has 2 aromatic carbocycles. The van der Waals surface area contributed by atoms with Gasteiger partial charge in [-0.15, -0.1) is 15.3 Å². The number of amides is 1. The van der Waals surface area contributed by atoms with Gasteiger partial charge in [-0.1, -0.05) is 76.8 Å². The topological polar surface area (TPSA) is 94.8 Å². The fraction of sp³-hybridized carbons (Fsp3) is 0.150. The van der Waals surface area contributed by atoms with Crippen molar-refractivity contribution in [2.75, 3.05) is 12.4 Å². The van der Waals surface area contributed by atoms with Gasteiger partial charge in [0.15, 0.2) is 10.0 Å². The van der Waals surface area contributed by atoms with Gasteiger partial charge in [0.25, 0.3) is 5.91 Å². The normalized spacial score (nSPS) is 10.8. The number of benzene rings is 2. The van der Waals surface area contributed by atoms with E-state index < -0.39 is 5.91 Å². The van der Waals surface area contributed by atoms with Crippen LogP contribution in [0.15, 0.2) is 65.0 Å². The molecule has 30 heavy (non-hydrogen) atoms. The number of carbonyl (C=O) groups excluding carboxylic acids is 1. The van der Waals surface area contributed by atoms with E-state index in [1.165, 1.54) is 16.9 Å². The van der Waals surface area contributed by atoms with Crippen LogP contribution in [0.4, 0.5) is 5.13 Å². The summed E-state index contributed by atoms with van der Waals surface area (Å²) in [7, 11) is 1.56. The number of carbonyl (C=O) groups is 1. The first-order valence-corrected chi connectivity index (χ1v) is 10.9. The number of hydrogen-bond donors (Lipinski definition) is 1. The molecule has 0 aliphatic rings. The highest BCUT2D eigenvalue weighted by atomic mass is 32.2. The largest absolute Gasteiger partial charge is 0.378 e. The summed E-state index contributed by atoms with van der Waals surface area (Å²) >= 11 is 2.89. The number of thioether (sulfide) groups is 1. The van der Waals surface area contributed by atoms with Crippen LogP contribution in [0.3, 0.4) is 0 Å². The first kappa shape index (κ1) is 20.2. The van der Waals surface area contributed by atoms with Gasteiger partial charge in [0, 0.05) is 12.9 Å². The summed E-state index contributed by atoms with van der Waals surface area (Å²) in [5.41, 5.74) is 2.75. The summed E-state index contributed by atoms with van der Waals surface area (Å²) in [6.07, 6.45) is 0. The monoisotopic (exact) mass is 438 g/mol. The summed E-state index contributed by atoms with van der Waals surface area (Å²) in [6.45, 7) is 0.193. The van der Waals surface area contributed by atoms with Crippen LogP contribution >= 0.6 is 23.1 Å². The van der Waals surface area contributed by atoms with Crippen LogP contribution in [0.1, 0.15) is 21.7 Å². The zero-order chi connectivity index (χ0) is 20.8. The van der Waals surface area contributed by atoms with Crippen molar-refractivity contribution in [3.05, 3.63) is 77.6 Å². The number of para-hydroxylation sites is 1. The molecule has 0 fully saturated rings. The molecule has 0 aliphatic carbocycles. The standard InChI is InChI=1S/C20H18N6O2S2/c1-28-12-16-17(22-25-26(16)15-10-6-3-7-11-15)18(27)21-19-23-24-20(30-19)29-13-14-8-4-2-5-9-14/h2-11H,12-13H2,1H3,(H,21,23,27). The van der Waals surface area contributed by atoms with Gasteiger partial charge < -0.3 is 4.74 Å². The Morgan fingerprint density at radius 2 is 1.80 bits per heavy atom. The Kier molecular flexibility index (Phi) is 6.47. The average Bonchev–Trinajstić information content (AvgIpc) is 3.41. The molecule has 0 unspecified atom stereocenters. The van der Waals surface area contributed by atoms with E-state index in [4.69, 9.17) is 4.74 Å². The van der Waals surface area contributed by atoms with Gasteiger partial charge in [-0.25, -0.2) is 4.68 Å². The predicted molar refractivity (Wildman–Crippen MR) is 116 cm³/mol. The number of aromatic nitrogens is 5. The fourth-order valence-corrected chi connectivity index (χ4v) is 4.42. The Bertz CT molecular complexity index is 1110. The zero-order valence-corrected chi connectivity index (χ0v) is 17.7. The van der Waals surface area contributed by atoms with Gasteiger partial charge in [-0.2, -0.15) is 0 Å². The molecular weight excluding hydrogens is 420 g/mol. The first-order valence-electron chi connectivity index (χ1n) is 9.05. The van der Waals surface area contributed by atoms with E-state index in [0.29, 0.717) is 10.8 Å². The summed E-state index contributed by atoms with van der Waals surface area (Å²) in [6, 6.07) is 19.6. The van der Waals surface area contributed by atoms with E-state index >= 15 is 0 Å². The number of methoxy groups -OCH3 is 1. The summed E-state index contributed by atoms with van der Waals surface area (Å²) in [5, 5.41) is 19.6. The molecule has 0 radical (unpaired) electrons. The minimum absolute atomic E-state index is 0.189. The Balaban J connectivity index is 1.46. The Morgan fingerprint density at radius 3 is 2.53 bits per heavy atom. The molecule has 0 aliphatic heterocycles. The van der Waals surface area contributed by atoms with E-state index in [1.807, 2.05) is 48.5 Å². The van der Waals surface area contributed by atoms with Gasteiger partial charge in [0.05, 0.1) is 12.3 Å². The van der Waals surface area contributed by atoms with Crippen LogP contribution in [0, 0.1) is 0 Å². The van der Waals surface area contributed by atoms with Crippen LogP contribution in [0.2, 0.25) is 0 Å². The highest BCUT2D eigenvalue weighted by molar-refractivity contribution is 8.00. The SMILES string of the molecule is COCc1c(C(=O)Nc2nnc(SCc3ccccc3)s2)nnn1-c1ccccc1. The lowest BCUT2D eigenvalue weighted by Gasteiger charge is -2.06. The molecule has 0 saturated heterocycles. The number of hydrogen-bond acceptors (Lipinski definition) is 8. The molecule has 4 aromatic rings. The van der Waals surface area contributed by atoms with Gasteiger partial charge in [0.2, 0.25) is 5.13 Å². The van der Waals surface area contributed by atoms with E-state index in [1.54, 1.807) is 23.6 Å². The molecule has 2 heterocycles. The Labute approximate surface area is 181 Å². The van der Waals surface area contributed by atoms with Gasteiger partial charge in [-0.05, 0) is 17.7 Å². The third-order valence-electron chi connectivity index (χ3n) is 4.09. The average molecular weight is 439 g/mol. The number of ether oxygens (including phenoxy) is 1. The molecule has 8 nitrogen and oxygen atoms in total. The fourth-order valence-electron chi connectivity index (χ4n) is 2.72. The van der Waals surface area contributed by atoms with Crippen LogP contribution in [0.25, 0.3) is 5.69 Å². The summed E-state index contributed by atoms with van der Waals surface area (Å²) < 4.78 is 7.63. The minimum atomic E-state index is -0.403. The van der Waals surface area contributed by atoms with Crippen LogP contribution in [-0.4, -0.2) is 38.2 Å². The smallest absolute Gasteiger partial charge is 0.280 e. The highest BCUT2D eigenvalue weighted by Crippen LogP contribution is 2.28. The molecule has 0 bridgehead atoms. The van der Waals surface area contributed by atoms with Crippen molar-refractivity contribution in [2.24, 2.45) is 0 Å². The third kappa shape index (κ3) is 4.73. The molecule has 152 valence electrons. The number of rotatable bonds is 8. The summed E-state index contributed by atoms with van der Waals surface area (Å²) in [4.78, 5) is 12.8. The predicted octanol–water partition coefficient (Wildman–Crippen LogP) is 3.81. The third-order valence-corrected chi connectivity index (χ3v) is 6.14.